The van der Waals surface area contributed by atoms with E-state index in [9.17, 15) is 14.0 Å². The second kappa shape index (κ2) is 5.14. The standard InChI is InChI=1S/C12H8BrFN2O2/c13-9-5-7(14)1-2-8(9)12(18)16-10-6-15-4-3-11(10)17/h1-6H,(H,15,17)(H,16,18). The lowest BCUT2D eigenvalue weighted by Gasteiger charge is -2.06. The molecule has 4 nitrogen and oxygen atoms in total. The van der Waals surface area contributed by atoms with Gasteiger partial charge in [-0.3, -0.25) is 9.59 Å². The van der Waals surface area contributed by atoms with Gasteiger partial charge in [0.25, 0.3) is 5.91 Å². The molecule has 2 rings (SSSR count). The molecule has 0 unspecified atom stereocenters. The van der Waals surface area contributed by atoms with Crippen LogP contribution in [-0.4, -0.2) is 10.9 Å². The molecule has 18 heavy (non-hydrogen) atoms. The number of hydrogen-bond donors (Lipinski definition) is 2. The van der Waals surface area contributed by atoms with Crippen LogP contribution >= 0.6 is 15.9 Å². The number of pyridine rings is 1. The van der Waals surface area contributed by atoms with Crippen molar-refractivity contribution in [2.45, 2.75) is 0 Å². The van der Waals surface area contributed by atoms with E-state index in [1.165, 1.54) is 36.7 Å². The molecule has 0 atom stereocenters. The molecule has 6 heteroatoms. The summed E-state index contributed by atoms with van der Waals surface area (Å²) in [5, 5.41) is 2.45. The summed E-state index contributed by atoms with van der Waals surface area (Å²) < 4.78 is 13.2. The van der Waals surface area contributed by atoms with Gasteiger partial charge in [-0.1, -0.05) is 0 Å². The number of H-pyrrole nitrogens is 1. The summed E-state index contributed by atoms with van der Waals surface area (Å²) in [4.78, 5) is 26.0. The fourth-order valence-electron chi connectivity index (χ4n) is 1.38. The number of carbonyl (C=O) groups excluding carboxylic acids is 1. The van der Waals surface area contributed by atoms with Gasteiger partial charge in [-0.05, 0) is 34.1 Å². The van der Waals surface area contributed by atoms with Crippen LogP contribution in [0, 0.1) is 5.82 Å². The molecule has 1 heterocycles. The first-order valence-corrected chi connectivity index (χ1v) is 5.81. The van der Waals surface area contributed by atoms with Crippen LogP contribution in [0.4, 0.5) is 10.1 Å². The third kappa shape index (κ3) is 2.65. The average Bonchev–Trinajstić information content (AvgIpc) is 2.32. The molecular formula is C12H8BrFN2O2. The van der Waals surface area contributed by atoms with Crippen molar-refractivity contribution in [3.05, 3.63) is 62.7 Å². The second-order valence-electron chi connectivity index (χ2n) is 3.50. The van der Waals surface area contributed by atoms with Gasteiger partial charge in [-0.25, -0.2) is 4.39 Å². The van der Waals surface area contributed by atoms with Gasteiger partial charge in [-0.15, -0.1) is 0 Å². The molecule has 0 aliphatic rings. The minimum Gasteiger partial charge on any atom is -0.366 e. The quantitative estimate of drug-likeness (QED) is 0.895. The molecule has 1 aromatic carbocycles. The molecule has 2 aromatic rings. The molecule has 1 amide bonds. The average molecular weight is 311 g/mol. The molecule has 0 aliphatic heterocycles. The number of nitrogens with one attached hydrogen (secondary N) is 2. The number of aromatic amines is 1. The Kier molecular flexibility index (Phi) is 3.57. The van der Waals surface area contributed by atoms with E-state index in [0.717, 1.165) is 0 Å². The Morgan fingerprint density at radius 2 is 2.11 bits per heavy atom. The summed E-state index contributed by atoms with van der Waals surface area (Å²) in [6.07, 6.45) is 2.85. The molecule has 0 saturated heterocycles. The van der Waals surface area contributed by atoms with Crippen LogP contribution in [0.15, 0.2) is 45.9 Å². The zero-order chi connectivity index (χ0) is 13.1. The number of carbonyl (C=O) groups is 1. The SMILES string of the molecule is O=C(Nc1c[nH]ccc1=O)c1ccc(F)cc1Br. The van der Waals surface area contributed by atoms with E-state index in [1.54, 1.807) is 0 Å². The van der Waals surface area contributed by atoms with Gasteiger partial charge in [-0.2, -0.15) is 0 Å². The Hall–Kier alpha value is -1.95. The Labute approximate surface area is 110 Å². The molecule has 1 aromatic heterocycles. The smallest absolute Gasteiger partial charge is 0.256 e. The maximum absolute atomic E-state index is 12.9. The molecule has 2 N–H and O–H groups in total. The number of benzene rings is 1. The van der Waals surface area contributed by atoms with Crippen molar-refractivity contribution >= 4 is 27.5 Å². The molecule has 0 bridgehead atoms. The fourth-order valence-corrected chi connectivity index (χ4v) is 1.91. The molecular weight excluding hydrogens is 303 g/mol. The highest BCUT2D eigenvalue weighted by Gasteiger charge is 2.12. The zero-order valence-corrected chi connectivity index (χ0v) is 10.6. The van der Waals surface area contributed by atoms with Gasteiger partial charge < -0.3 is 10.3 Å². The number of aromatic nitrogens is 1. The molecule has 0 saturated carbocycles. The van der Waals surface area contributed by atoms with Crippen molar-refractivity contribution in [3.63, 3.8) is 0 Å². The van der Waals surface area contributed by atoms with Gasteiger partial charge in [0.15, 0.2) is 0 Å². The van der Waals surface area contributed by atoms with Crippen LogP contribution < -0.4 is 10.7 Å². The zero-order valence-electron chi connectivity index (χ0n) is 9.04. The first-order chi connectivity index (χ1) is 8.58. The first kappa shape index (κ1) is 12.5. The summed E-state index contributed by atoms with van der Waals surface area (Å²) >= 11 is 3.09. The summed E-state index contributed by atoms with van der Waals surface area (Å²) in [7, 11) is 0. The third-order valence-electron chi connectivity index (χ3n) is 2.25. The monoisotopic (exact) mass is 310 g/mol. The Bertz CT molecular complexity index is 655. The van der Waals surface area contributed by atoms with E-state index in [2.05, 4.69) is 26.2 Å². The summed E-state index contributed by atoms with van der Waals surface area (Å²) in [6, 6.07) is 5.00. The largest absolute Gasteiger partial charge is 0.366 e. The Balaban J connectivity index is 2.28. The number of hydrogen-bond acceptors (Lipinski definition) is 2. The first-order valence-electron chi connectivity index (χ1n) is 5.01. The van der Waals surface area contributed by atoms with Gasteiger partial charge in [0.1, 0.15) is 11.5 Å². The lowest BCUT2D eigenvalue weighted by molar-refractivity contribution is 0.102. The van der Waals surface area contributed by atoms with E-state index in [4.69, 9.17) is 0 Å². The number of amides is 1. The van der Waals surface area contributed by atoms with Crippen LogP contribution in [-0.2, 0) is 0 Å². The minimum atomic E-state index is -0.487. The van der Waals surface area contributed by atoms with E-state index in [-0.39, 0.29) is 16.7 Å². The van der Waals surface area contributed by atoms with Crippen LogP contribution in [0.3, 0.4) is 0 Å². The van der Waals surface area contributed by atoms with Crippen LogP contribution in [0.1, 0.15) is 10.4 Å². The summed E-state index contributed by atoms with van der Waals surface area (Å²) in [6.45, 7) is 0. The molecule has 0 fully saturated rings. The third-order valence-corrected chi connectivity index (χ3v) is 2.90. The highest BCUT2D eigenvalue weighted by atomic mass is 79.9. The predicted molar refractivity (Wildman–Crippen MR) is 69.1 cm³/mol. The Morgan fingerprint density at radius 3 is 2.78 bits per heavy atom. The molecule has 92 valence electrons. The van der Waals surface area contributed by atoms with Crippen molar-refractivity contribution < 1.29 is 9.18 Å². The number of rotatable bonds is 2. The van der Waals surface area contributed by atoms with E-state index >= 15 is 0 Å². The second-order valence-corrected chi connectivity index (χ2v) is 4.35. The van der Waals surface area contributed by atoms with Crippen molar-refractivity contribution in [1.82, 2.24) is 4.98 Å². The number of anilines is 1. The summed E-state index contributed by atoms with van der Waals surface area (Å²) in [5.41, 5.74) is 0.0821. The maximum Gasteiger partial charge on any atom is 0.256 e. The summed E-state index contributed by atoms with van der Waals surface area (Å²) in [5.74, 6) is -0.936. The highest BCUT2D eigenvalue weighted by molar-refractivity contribution is 9.10. The lowest BCUT2D eigenvalue weighted by atomic mass is 10.2. The minimum absolute atomic E-state index is 0.138. The Morgan fingerprint density at radius 1 is 1.33 bits per heavy atom. The number of halogens is 2. The van der Waals surface area contributed by atoms with Crippen LogP contribution in [0.25, 0.3) is 0 Å². The lowest BCUT2D eigenvalue weighted by Crippen LogP contribution is -2.18. The van der Waals surface area contributed by atoms with Crippen molar-refractivity contribution in [2.24, 2.45) is 0 Å². The molecule has 0 spiro atoms. The van der Waals surface area contributed by atoms with Gasteiger partial charge >= 0.3 is 0 Å². The van der Waals surface area contributed by atoms with Gasteiger partial charge in [0.05, 0.1) is 5.56 Å². The van der Waals surface area contributed by atoms with Crippen LogP contribution in [0.2, 0.25) is 0 Å². The van der Waals surface area contributed by atoms with E-state index in [1.807, 2.05) is 0 Å². The highest BCUT2D eigenvalue weighted by Crippen LogP contribution is 2.18. The van der Waals surface area contributed by atoms with E-state index < -0.39 is 11.7 Å². The van der Waals surface area contributed by atoms with Gasteiger partial charge in [0.2, 0.25) is 5.43 Å². The normalized spacial score (nSPS) is 10.1. The van der Waals surface area contributed by atoms with Crippen molar-refractivity contribution in [3.8, 4) is 0 Å². The topological polar surface area (TPSA) is 62.0 Å². The van der Waals surface area contributed by atoms with Gasteiger partial charge in [0, 0.05) is 22.9 Å². The van der Waals surface area contributed by atoms with Crippen LogP contribution in [0.5, 0.6) is 0 Å². The molecule has 0 aliphatic carbocycles. The maximum atomic E-state index is 12.9. The van der Waals surface area contributed by atoms with Crippen molar-refractivity contribution in [1.29, 1.82) is 0 Å². The molecule has 0 radical (unpaired) electrons. The predicted octanol–water partition coefficient (Wildman–Crippen LogP) is 2.53. The van der Waals surface area contributed by atoms with Crippen molar-refractivity contribution in [2.75, 3.05) is 5.32 Å². The van der Waals surface area contributed by atoms with E-state index in [0.29, 0.717) is 4.47 Å². The fraction of sp³-hybridized carbons (Fsp3) is 0.